The molecule has 6 rings (SSSR count). The number of nitrogens with two attached hydrogens (primary N) is 1. The van der Waals surface area contributed by atoms with E-state index in [2.05, 4.69) is 20.0 Å². The molecule has 0 bridgehead atoms. The fourth-order valence-electron chi connectivity index (χ4n) is 4.94. The van der Waals surface area contributed by atoms with Gasteiger partial charge in [-0.3, -0.25) is 14.0 Å². The summed E-state index contributed by atoms with van der Waals surface area (Å²) >= 11 is 0. The number of hydrogen-bond donors (Lipinski definition) is 2. The highest BCUT2D eigenvalue weighted by Gasteiger charge is 2.24. The Kier molecular flexibility index (Phi) is 5.91. The van der Waals surface area contributed by atoms with E-state index in [1.54, 1.807) is 35.9 Å². The maximum Gasteiger partial charge on any atom is 0.330 e. The number of nitrogen functional groups attached to an aromatic ring is 1. The second-order valence-corrected chi connectivity index (χ2v) is 11.7. The number of benzene rings is 1. The molecule has 13 nitrogen and oxygen atoms in total. The van der Waals surface area contributed by atoms with Gasteiger partial charge in [-0.05, 0) is 30.3 Å². The van der Waals surface area contributed by atoms with Crippen LogP contribution >= 0.6 is 0 Å². The van der Waals surface area contributed by atoms with Crippen LogP contribution in [0.5, 0.6) is 0 Å². The Morgan fingerprint density at radius 2 is 1.90 bits per heavy atom. The molecule has 3 N–H and O–H groups in total. The van der Waals surface area contributed by atoms with Crippen molar-refractivity contribution in [2.24, 2.45) is 7.05 Å². The van der Waals surface area contributed by atoms with Crippen molar-refractivity contribution in [2.45, 2.75) is 11.4 Å². The summed E-state index contributed by atoms with van der Waals surface area (Å²) in [6.07, 6.45) is 2.80. The third-order valence-corrected chi connectivity index (χ3v) is 8.19. The van der Waals surface area contributed by atoms with Crippen molar-refractivity contribution in [2.75, 3.05) is 49.6 Å². The molecule has 1 saturated heterocycles. The Labute approximate surface area is 222 Å². The Hall–Kier alpha value is -4.24. The molecule has 1 fully saturated rings. The van der Waals surface area contributed by atoms with Gasteiger partial charge in [-0.25, -0.2) is 23.2 Å². The van der Waals surface area contributed by atoms with Gasteiger partial charge >= 0.3 is 5.69 Å². The largest absolute Gasteiger partial charge is 0.461 e. The van der Waals surface area contributed by atoms with Gasteiger partial charge in [-0.15, -0.1) is 5.10 Å². The lowest BCUT2D eigenvalue weighted by molar-refractivity contribution is 0.247. The molecule has 1 atom stereocenters. The van der Waals surface area contributed by atoms with Crippen LogP contribution in [0.3, 0.4) is 0 Å². The third-order valence-electron chi connectivity index (χ3n) is 7.04. The van der Waals surface area contributed by atoms with E-state index in [9.17, 15) is 13.4 Å². The van der Waals surface area contributed by atoms with E-state index in [0.29, 0.717) is 73.4 Å². The first-order valence-electron chi connectivity index (χ1n) is 12.3. The normalized spacial score (nSPS) is 16.3. The average molecular weight is 555 g/mol. The fraction of sp³-hybridized carbons (Fsp3) is 0.333. The third kappa shape index (κ3) is 4.32. The highest BCUT2D eigenvalue weighted by molar-refractivity contribution is 7.91. The molecule has 15 heteroatoms. The molecule has 39 heavy (non-hydrogen) atoms. The van der Waals surface area contributed by atoms with Crippen LogP contribution in [-0.2, 0) is 23.3 Å². The number of rotatable bonds is 6. The van der Waals surface area contributed by atoms with Gasteiger partial charge in [0, 0.05) is 57.5 Å². The summed E-state index contributed by atoms with van der Waals surface area (Å²) in [5, 5.41) is 4.40. The van der Waals surface area contributed by atoms with Gasteiger partial charge in [0.2, 0.25) is 11.8 Å². The smallest absolute Gasteiger partial charge is 0.330 e. The molecule has 5 aromatic rings. The van der Waals surface area contributed by atoms with Crippen LogP contribution in [0.4, 0.5) is 16.0 Å². The number of aromatic nitrogens is 6. The first-order chi connectivity index (χ1) is 18.6. The molecular weight excluding hydrogens is 527 g/mol. The van der Waals surface area contributed by atoms with Crippen LogP contribution < -0.4 is 16.3 Å². The topological polar surface area (TPSA) is 157 Å². The highest BCUT2D eigenvalue weighted by atomic mass is 32.2. The standard InChI is InChI=1S/C24H27FN10O3S/c1-31-19-21(29-23(26)35-22(19)28-20(30-35)18-4-3-13-38-18)34(24(31)36)12-9-32-7-10-33(11-8-32)17-6-5-15(14-16(17)25)39(2,27)37/h3-6,13-14,27H,7-12H2,1-2H3,(H2,26,29). The molecule has 204 valence electrons. The number of fused-ring (bicyclic) bond motifs is 3. The van der Waals surface area contributed by atoms with E-state index in [4.69, 9.17) is 14.9 Å². The van der Waals surface area contributed by atoms with Gasteiger partial charge in [0.15, 0.2) is 17.1 Å². The van der Waals surface area contributed by atoms with Gasteiger partial charge in [0.05, 0.1) is 21.7 Å². The predicted octanol–water partition coefficient (Wildman–Crippen LogP) is 1.62. The summed E-state index contributed by atoms with van der Waals surface area (Å²) in [6, 6.07) is 7.80. The lowest BCUT2D eigenvalue weighted by atomic mass is 10.2. The molecule has 0 amide bonds. The minimum Gasteiger partial charge on any atom is -0.461 e. The number of imidazole rings is 1. The molecule has 1 unspecified atom stereocenters. The summed E-state index contributed by atoms with van der Waals surface area (Å²) in [4.78, 5) is 26.5. The number of nitrogens with one attached hydrogen (secondary N) is 1. The van der Waals surface area contributed by atoms with Crippen LogP contribution in [0, 0.1) is 10.6 Å². The monoisotopic (exact) mass is 554 g/mol. The number of nitrogens with zero attached hydrogens (tertiary/aromatic N) is 8. The van der Waals surface area contributed by atoms with Gasteiger partial charge < -0.3 is 15.1 Å². The van der Waals surface area contributed by atoms with Crippen molar-refractivity contribution in [3.8, 4) is 11.6 Å². The van der Waals surface area contributed by atoms with E-state index >= 15 is 0 Å². The molecule has 0 saturated carbocycles. The van der Waals surface area contributed by atoms with E-state index < -0.39 is 15.5 Å². The molecule has 0 radical (unpaired) electrons. The van der Waals surface area contributed by atoms with Crippen LogP contribution in [0.15, 0.2) is 50.7 Å². The summed E-state index contributed by atoms with van der Waals surface area (Å²) in [5.74, 6) is 0.442. The number of furan rings is 1. The number of piperazine rings is 1. The Balaban J connectivity index is 1.20. The Bertz CT molecular complexity index is 1870. The molecule has 1 aromatic carbocycles. The van der Waals surface area contributed by atoms with Crippen LogP contribution in [0.2, 0.25) is 0 Å². The fourth-order valence-corrected chi connectivity index (χ4v) is 5.60. The SMILES string of the molecule is Cn1c(=O)n(CCN2CCN(c3ccc(S(C)(=N)=O)cc3F)CC2)c2nc(N)n3nc(-c4ccco4)nc3c21. The van der Waals surface area contributed by atoms with E-state index in [1.807, 2.05) is 4.90 Å². The molecular formula is C24H27FN10O3S. The van der Waals surface area contributed by atoms with E-state index in [0.717, 1.165) is 0 Å². The molecule has 0 spiro atoms. The maximum absolute atomic E-state index is 14.7. The lowest BCUT2D eigenvalue weighted by Crippen LogP contribution is -2.47. The summed E-state index contributed by atoms with van der Waals surface area (Å²) < 4.78 is 44.2. The summed E-state index contributed by atoms with van der Waals surface area (Å²) in [6.45, 7) is 3.48. The van der Waals surface area contributed by atoms with Crippen LogP contribution in [0.25, 0.3) is 28.4 Å². The Morgan fingerprint density at radius 3 is 2.56 bits per heavy atom. The molecule has 4 aromatic heterocycles. The highest BCUT2D eigenvalue weighted by Crippen LogP contribution is 2.25. The quantitative estimate of drug-likeness (QED) is 0.318. The van der Waals surface area contributed by atoms with E-state index in [-0.39, 0.29) is 16.5 Å². The number of anilines is 2. The number of halogens is 1. The minimum atomic E-state index is -2.98. The van der Waals surface area contributed by atoms with Crippen molar-refractivity contribution in [3.05, 3.63) is 52.9 Å². The van der Waals surface area contributed by atoms with Crippen molar-refractivity contribution < 1.29 is 13.0 Å². The predicted molar refractivity (Wildman–Crippen MR) is 144 cm³/mol. The first-order valence-corrected chi connectivity index (χ1v) is 14.2. The van der Waals surface area contributed by atoms with E-state index in [1.165, 1.54) is 27.7 Å². The number of aryl methyl sites for hydroxylation is 1. The Morgan fingerprint density at radius 1 is 1.13 bits per heavy atom. The maximum atomic E-state index is 14.7. The zero-order valence-electron chi connectivity index (χ0n) is 21.4. The van der Waals surface area contributed by atoms with Gasteiger partial charge in [-0.1, -0.05) is 0 Å². The summed E-state index contributed by atoms with van der Waals surface area (Å²) in [5.41, 5.74) is 7.74. The van der Waals surface area contributed by atoms with Crippen molar-refractivity contribution in [1.82, 2.24) is 33.6 Å². The van der Waals surface area contributed by atoms with Crippen molar-refractivity contribution in [3.63, 3.8) is 0 Å². The number of hydrogen-bond acceptors (Lipinski definition) is 10. The molecule has 1 aliphatic rings. The van der Waals surface area contributed by atoms with Gasteiger partial charge in [-0.2, -0.15) is 9.50 Å². The van der Waals surface area contributed by atoms with Gasteiger partial charge in [0.25, 0.3) is 0 Å². The first kappa shape index (κ1) is 25.1. The molecule has 0 aliphatic carbocycles. The van der Waals surface area contributed by atoms with Crippen molar-refractivity contribution >= 4 is 38.2 Å². The lowest BCUT2D eigenvalue weighted by Gasteiger charge is -2.36. The van der Waals surface area contributed by atoms with Crippen LogP contribution in [0.1, 0.15) is 0 Å². The summed E-state index contributed by atoms with van der Waals surface area (Å²) in [7, 11) is -1.32. The molecule has 1 aliphatic heterocycles. The van der Waals surface area contributed by atoms with Crippen LogP contribution in [-0.4, -0.2) is 76.8 Å². The average Bonchev–Trinajstić information content (AvgIpc) is 3.63. The zero-order chi connectivity index (χ0) is 27.5. The van der Waals surface area contributed by atoms with Crippen molar-refractivity contribution in [1.29, 1.82) is 4.78 Å². The molecule has 5 heterocycles. The second-order valence-electron chi connectivity index (χ2n) is 9.57. The second kappa shape index (κ2) is 9.20. The minimum absolute atomic E-state index is 0.105. The van der Waals surface area contributed by atoms with Gasteiger partial charge in [0.1, 0.15) is 11.3 Å². The zero-order valence-corrected chi connectivity index (χ0v) is 22.2.